The highest BCUT2D eigenvalue weighted by molar-refractivity contribution is 8.04. The summed E-state index contributed by atoms with van der Waals surface area (Å²) in [5.41, 5.74) is 3.99. The molecule has 0 spiro atoms. The van der Waals surface area contributed by atoms with Gasteiger partial charge in [-0.3, -0.25) is 19.3 Å². The monoisotopic (exact) mass is 1140 g/mol. The molecule has 0 radical (unpaired) electrons. The van der Waals surface area contributed by atoms with E-state index >= 15 is 0 Å². The molecule has 408 valence electrons. The number of anilines is 2. The number of carbonyl (C=O) groups is 4. The second kappa shape index (κ2) is 24.4. The van der Waals surface area contributed by atoms with Crippen molar-refractivity contribution in [3.63, 3.8) is 0 Å². The maximum absolute atomic E-state index is 13.8. The van der Waals surface area contributed by atoms with Crippen LogP contribution >= 0.6 is 23.1 Å². The minimum absolute atomic E-state index is 0.00309. The maximum Gasteiger partial charge on any atom is 0.334 e. The summed E-state index contributed by atoms with van der Waals surface area (Å²) in [7, 11) is -9.18. The zero-order valence-corrected chi connectivity index (χ0v) is 45.9. The summed E-state index contributed by atoms with van der Waals surface area (Å²) < 4.78 is 91.0. The molecule has 0 atom stereocenters. The molecule has 1 N–H and O–H groups in total. The van der Waals surface area contributed by atoms with Gasteiger partial charge >= 0.3 is 6.03 Å². The molecular weight excluding hydrogens is 1080 g/mol. The molecule has 0 unspecified atom stereocenters. The normalized spacial score (nSPS) is 16.4. The fourth-order valence-electron chi connectivity index (χ4n) is 9.24. The number of imide groups is 2. The van der Waals surface area contributed by atoms with Crippen LogP contribution in [0.15, 0.2) is 142 Å². The van der Waals surface area contributed by atoms with E-state index in [9.17, 15) is 45.1 Å². The lowest BCUT2D eigenvalue weighted by Gasteiger charge is -2.33. The van der Waals surface area contributed by atoms with Crippen molar-refractivity contribution in [2.75, 3.05) is 74.7 Å². The number of thioether (sulfide) groups is 1. The van der Waals surface area contributed by atoms with Crippen LogP contribution in [-0.4, -0.2) is 124 Å². The molecule has 4 heterocycles. The molecular formula is C55H55N6O13S4-. The zero-order valence-electron chi connectivity index (χ0n) is 42.6. The number of unbranched alkanes of at least 4 members (excludes halogenated alkanes) is 1. The predicted molar refractivity (Wildman–Crippen MR) is 294 cm³/mol. The standard InChI is InChI=1S/C55H56N6O13S4/c1-3-5-25-60-53(63)42(19-23-49-57(4-2)43-34-40(78(69,70)71)18-20-45(43)74-49)54(64)61(55(60)65)36-48(62)56-24-28-72-30-31-73-29-27-58-44-33-39(37-12-7-6-8-13-37)17-21-46(44)75-50(58)35-51-59(26-11-32-77(66,67)68)52-41-15-10-9-14-38(41)16-22-47(52)76-51/h6-10,12-23,33-35H,3-5,11,24-32,36H2,1-2H3,(H2-,56,62,66,67,68,69,70,71)/p-1. The van der Waals surface area contributed by atoms with Gasteiger partial charge in [0.05, 0.1) is 69.3 Å². The quantitative estimate of drug-likeness (QED) is 0.0220. The van der Waals surface area contributed by atoms with Gasteiger partial charge in [-0.05, 0) is 84.5 Å². The summed E-state index contributed by atoms with van der Waals surface area (Å²) >= 11 is 3.22. The van der Waals surface area contributed by atoms with Gasteiger partial charge in [0.25, 0.3) is 16.8 Å². The number of fused-ring (bicyclic) bond motifs is 5. The lowest BCUT2D eigenvalue weighted by atomic mass is 10.0. The number of urea groups is 1. The fourth-order valence-corrected chi connectivity index (χ4v) is 12.5. The van der Waals surface area contributed by atoms with E-state index in [1.54, 1.807) is 34.9 Å². The Morgan fingerprint density at radius 1 is 0.756 bits per heavy atom. The minimum Gasteiger partial charge on any atom is -0.748 e. The van der Waals surface area contributed by atoms with E-state index in [1.165, 1.54) is 24.3 Å². The minimum atomic E-state index is -4.76. The number of hydrogen-bond donors (Lipinski definition) is 1. The van der Waals surface area contributed by atoms with Gasteiger partial charge in [-0.15, -0.1) is 0 Å². The van der Waals surface area contributed by atoms with E-state index in [1.807, 2.05) is 49.4 Å². The molecule has 78 heavy (non-hydrogen) atoms. The summed E-state index contributed by atoms with van der Waals surface area (Å²) in [6.07, 6.45) is 5.87. The topological polar surface area (TPSA) is 239 Å². The van der Waals surface area contributed by atoms with Gasteiger partial charge in [-0.1, -0.05) is 97.1 Å². The second-order valence-corrected chi connectivity index (χ2v) is 23.2. The number of amides is 5. The van der Waals surface area contributed by atoms with Gasteiger partial charge < -0.3 is 38.4 Å². The Hall–Kier alpha value is -6.96. The molecule has 0 saturated carbocycles. The van der Waals surface area contributed by atoms with Crippen LogP contribution in [0.3, 0.4) is 0 Å². The van der Waals surface area contributed by atoms with Crippen LogP contribution in [-0.2, 0) is 50.6 Å². The average Bonchev–Trinajstić information content (AvgIpc) is 4.26. The molecule has 5 aromatic carbocycles. The molecule has 3 aliphatic rings. The third kappa shape index (κ3) is 12.6. The van der Waals surface area contributed by atoms with Crippen molar-refractivity contribution in [2.24, 2.45) is 0 Å². The van der Waals surface area contributed by atoms with Gasteiger partial charge in [0.2, 0.25) is 17.3 Å². The number of nitrogens with zero attached hydrogens (tertiary/aromatic N) is 5. The number of allylic oxidation sites excluding steroid dienone is 2. The van der Waals surface area contributed by atoms with E-state index < -0.39 is 66.8 Å². The number of ether oxygens (including phenoxy) is 3. The van der Waals surface area contributed by atoms with E-state index in [2.05, 4.69) is 63.3 Å². The van der Waals surface area contributed by atoms with Crippen LogP contribution in [0.2, 0.25) is 0 Å². The van der Waals surface area contributed by atoms with Gasteiger partial charge in [0.15, 0.2) is 12.3 Å². The lowest BCUT2D eigenvalue weighted by Crippen LogP contribution is -2.58. The number of rotatable bonds is 23. The van der Waals surface area contributed by atoms with E-state index in [0.717, 1.165) is 63.7 Å². The van der Waals surface area contributed by atoms with Crippen LogP contribution < -0.4 is 24.4 Å². The summed E-state index contributed by atoms with van der Waals surface area (Å²) in [5.74, 6) is -2.60. The Bertz CT molecular complexity index is 3620. The number of aryl methyl sites for hydroxylation is 1. The lowest BCUT2D eigenvalue weighted by molar-refractivity contribution is -0.667. The third-order valence-electron chi connectivity index (χ3n) is 13.0. The van der Waals surface area contributed by atoms with Gasteiger partial charge in [0, 0.05) is 43.2 Å². The first kappa shape index (κ1) is 55.8. The smallest absolute Gasteiger partial charge is 0.334 e. The summed E-state index contributed by atoms with van der Waals surface area (Å²) in [5, 5.41) is 6.58. The fraction of sp³-hybridized carbons (Fsp3) is 0.291. The molecule has 9 rings (SSSR count). The van der Waals surface area contributed by atoms with Gasteiger partial charge in [-0.25, -0.2) is 26.5 Å². The Morgan fingerprint density at radius 2 is 1.51 bits per heavy atom. The number of hydrogen-bond acceptors (Lipinski definition) is 17. The summed E-state index contributed by atoms with van der Waals surface area (Å²) in [6, 6.07) is 31.3. The Balaban J connectivity index is 0.818. The number of barbiturate groups is 1. The SMILES string of the molecule is CCCCN1C(=O)C(=CC=C2Oc3ccc(S(=O)(=O)[O-])cc3N2CC)C(=O)N(CC(=O)NCCOCCOCCN2C(=Cc3sc4ccc5ccccc5c4[n+]3CCCS(=O)(=O)[O-])Sc3ccc(-c4ccccc4)cc32)C1=O. The molecule has 6 aromatic rings. The number of benzene rings is 5. The largest absolute Gasteiger partial charge is 0.748 e. The maximum atomic E-state index is 13.8. The van der Waals surface area contributed by atoms with Crippen molar-refractivity contribution in [1.82, 2.24) is 15.1 Å². The van der Waals surface area contributed by atoms with Crippen molar-refractivity contribution in [3.05, 3.63) is 137 Å². The summed E-state index contributed by atoms with van der Waals surface area (Å²) in [4.78, 5) is 60.0. The number of thiazole rings is 1. The number of nitrogens with one attached hydrogen (secondary N) is 1. The van der Waals surface area contributed by atoms with Crippen LogP contribution in [0.4, 0.5) is 16.2 Å². The highest BCUT2D eigenvalue weighted by Crippen LogP contribution is 2.48. The molecule has 0 bridgehead atoms. The predicted octanol–water partition coefficient (Wildman–Crippen LogP) is 7.19. The number of aromatic nitrogens is 1. The highest BCUT2D eigenvalue weighted by atomic mass is 32.2. The van der Waals surface area contributed by atoms with Crippen molar-refractivity contribution in [3.8, 4) is 16.9 Å². The van der Waals surface area contributed by atoms with Crippen molar-refractivity contribution in [1.29, 1.82) is 0 Å². The van der Waals surface area contributed by atoms with E-state index in [4.69, 9.17) is 14.2 Å². The molecule has 1 saturated heterocycles. The van der Waals surface area contributed by atoms with E-state index in [0.29, 0.717) is 43.1 Å². The second-order valence-electron chi connectivity index (χ2n) is 18.2. The van der Waals surface area contributed by atoms with E-state index in [-0.39, 0.29) is 57.5 Å². The van der Waals surface area contributed by atoms with Crippen LogP contribution in [0.25, 0.3) is 38.2 Å². The molecule has 23 heteroatoms. The molecule has 19 nitrogen and oxygen atoms in total. The first-order valence-electron chi connectivity index (χ1n) is 25.2. The van der Waals surface area contributed by atoms with Crippen molar-refractivity contribution < 1.29 is 63.9 Å². The van der Waals surface area contributed by atoms with Crippen molar-refractivity contribution >= 4 is 106 Å². The summed E-state index contributed by atoms with van der Waals surface area (Å²) in [6.45, 7) is 4.90. The number of carbonyl (C=O) groups excluding carboxylic acids is 4. The Kier molecular flexibility index (Phi) is 17.4. The zero-order chi connectivity index (χ0) is 55.1. The van der Waals surface area contributed by atoms with Crippen molar-refractivity contribution in [2.45, 2.75) is 49.4 Å². The Labute approximate surface area is 459 Å². The van der Waals surface area contributed by atoms with Crippen LogP contribution in [0.5, 0.6) is 5.75 Å². The first-order valence-corrected chi connectivity index (χ1v) is 29.9. The van der Waals surface area contributed by atoms with Gasteiger partial charge in [-0.2, -0.15) is 4.57 Å². The van der Waals surface area contributed by atoms with Gasteiger partial charge in [0.1, 0.15) is 26.9 Å². The molecule has 0 aliphatic carbocycles. The Morgan fingerprint density at radius 3 is 2.27 bits per heavy atom. The molecule has 3 aliphatic heterocycles. The molecule has 5 amide bonds. The average molecular weight is 1140 g/mol. The molecule has 1 fully saturated rings. The first-order chi connectivity index (χ1) is 37.5. The third-order valence-corrected chi connectivity index (χ3v) is 16.9. The van der Waals surface area contributed by atoms with Crippen LogP contribution in [0.1, 0.15) is 38.1 Å². The highest BCUT2D eigenvalue weighted by Gasteiger charge is 2.42. The molecule has 1 aromatic heterocycles. The van der Waals surface area contributed by atoms with Crippen LogP contribution in [0, 0.1) is 0 Å².